The van der Waals surface area contributed by atoms with Crippen molar-refractivity contribution in [2.24, 2.45) is 10.8 Å². The van der Waals surface area contributed by atoms with Crippen LogP contribution in [0.2, 0.25) is 0 Å². The van der Waals surface area contributed by atoms with Gasteiger partial charge in [0, 0.05) is 53.5 Å². The van der Waals surface area contributed by atoms with Crippen molar-refractivity contribution < 1.29 is 28.4 Å². The quantitative estimate of drug-likeness (QED) is 0.436. The van der Waals surface area contributed by atoms with E-state index in [9.17, 15) is 0 Å². The van der Waals surface area contributed by atoms with E-state index >= 15 is 0 Å². The van der Waals surface area contributed by atoms with Crippen LogP contribution in [0.1, 0.15) is 40.5 Å². The number of ether oxygens (including phenoxy) is 6. The zero-order chi connectivity index (χ0) is 20.4. The summed E-state index contributed by atoms with van der Waals surface area (Å²) in [6.45, 7) is 9.68. The molecule has 0 fully saturated rings. The van der Waals surface area contributed by atoms with Gasteiger partial charge in [0.2, 0.25) is 0 Å². The molecule has 0 heterocycles. The summed E-state index contributed by atoms with van der Waals surface area (Å²) in [6, 6.07) is 0. The van der Waals surface area contributed by atoms with E-state index in [2.05, 4.69) is 27.7 Å². The fraction of sp³-hybridized carbons (Fsp3) is 1.00. The molecule has 0 bridgehead atoms. The summed E-state index contributed by atoms with van der Waals surface area (Å²) in [4.78, 5) is 0. The van der Waals surface area contributed by atoms with Crippen molar-refractivity contribution in [2.75, 3.05) is 55.9 Å². The predicted octanol–water partition coefficient (Wildman–Crippen LogP) is 3.17. The normalized spacial score (nSPS) is 21.5. The SMILES string of the molecule is CCC(C)(C(COC)OC)C(OC)C(C)(CC)C(OC)C(COC)OC. The smallest absolute Gasteiger partial charge is 0.107 e. The molecular formula is C20H42O6. The van der Waals surface area contributed by atoms with Crippen molar-refractivity contribution >= 4 is 0 Å². The Kier molecular flexibility index (Phi) is 12.2. The molecule has 0 aliphatic rings. The van der Waals surface area contributed by atoms with Gasteiger partial charge in [-0.25, -0.2) is 0 Å². The Bertz CT molecular complexity index is 366. The van der Waals surface area contributed by atoms with Crippen LogP contribution in [0.4, 0.5) is 0 Å². The van der Waals surface area contributed by atoms with E-state index in [1.165, 1.54) is 0 Å². The zero-order valence-electron chi connectivity index (χ0n) is 18.6. The minimum absolute atomic E-state index is 0.103. The molecule has 26 heavy (non-hydrogen) atoms. The first-order valence-electron chi connectivity index (χ1n) is 9.40. The monoisotopic (exact) mass is 378 g/mol. The molecule has 0 N–H and O–H groups in total. The zero-order valence-corrected chi connectivity index (χ0v) is 18.6. The standard InChI is InChI=1S/C20H42O6/c1-11-19(3,16(24-8)14-22-6)18(26-10)20(4,12-2)17(25-9)15(23-7)13-21-5/h15-18H,11-14H2,1-10H3. The Morgan fingerprint density at radius 1 is 0.654 bits per heavy atom. The molecule has 0 aliphatic heterocycles. The second-order valence-corrected chi connectivity index (χ2v) is 7.40. The topological polar surface area (TPSA) is 55.4 Å². The van der Waals surface area contributed by atoms with Crippen LogP contribution in [-0.2, 0) is 28.4 Å². The highest BCUT2D eigenvalue weighted by Crippen LogP contribution is 2.47. The van der Waals surface area contributed by atoms with Crippen LogP contribution in [0.5, 0.6) is 0 Å². The number of methoxy groups -OCH3 is 6. The predicted molar refractivity (Wildman–Crippen MR) is 104 cm³/mol. The van der Waals surface area contributed by atoms with E-state index in [4.69, 9.17) is 28.4 Å². The van der Waals surface area contributed by atoms with Gasteiger partial charge in [-0.2, -0.15) is 0 Å². The van der Waals surface area contributed by atoms with Crippen molar-refractivity contribution in [1.82, 2.24) is 0 Å². The molecular weight excluding hydrogens is 336 g/mol. The van der Waals surface area contributed by atoms with E-state index in [0.717, 1.165) is 12.8 Å². The molecule has 6 unspecified atom stereocenters. The lowest BCUT2D eigenvalue weighted by atomic mass is 9.61. The van der Waals surface area contributed by atoms with Gasteiger partial charge in [0.05, 0.1) is 31.5 Å². The molecule has 6 atom stereocenters. The van der Waals surface area contributed by atoms with Gasteiger partial charge in [0.25, 0.3) is 0 Å². The third-order valence-electron chi connectivity index (χ3n) is 6.17. The highest BCUT2D eigenvalue weighted by molar-refractivity contribution is 5.03. The summed E-state index contributed by atoms with van der Waals surface area (Å²) in [5.74, 6) is 0. The second-order valence-electron chi connectivity index (χ2n) is 7.40. The minimum Gasteiger partial charge on any atom is -0.382 e. The Labute approximate surface area is 160 Å². The summed E-state index contributed by atoms with van der Waals surface area (Å²) >= 11 is 0. The molecule has 0 spiro atoms. The van der Waals surface area contributed by atoms with Crippen molar-refractivity contribution in [3.63, 3.8) is 0 Å². The van der Waals surface area contributed by atoms with Gasteiger partial charge in [-0.15, -0.1) is 0 Å². The average molecular weight is 379 g/mol. The van der Waals surface area contributed by atoms with Crippen molar-refractivity contribution in [3.8, 4) is 0 Å². The first-order valence-corrected chi connectivity index (χ1v) is 9.40. The van der Waals surface area contributed by atoms with Gasteiger partial charge in [-0.3, -0.25) is 0 Å². The maximum absolute atomic E-state index is 6.14. The average Bonchev–Trinajstić information content (AvgIpc) is 2.65. The fourth-order valence-electron chi connectivity index (χ4n) is 4.38. The van der Waals surface area contributed by atoms with Gasteiger partial charge >= 0.3 is 0 Å². The Hall–Kier alpha value is -0.240. The number of hydrogen-bond acceptors (Lipinski definition) is 6. The van der Waals surface area contributed by atoms with E-state index in [1.807, 2.05) is 0 Å². The van der Waals surface area contributed by atoms with Crippen LogP contribution in [0.25, 0.3) is 0 Å². The molecule has 0 aromatic carbocycles. The van der Waals surface area contributed by atoms with E-state index in [1.54, 1.807) is 42.7 Å². The highest BCUT2D eigenvalue weighted by Gasteiger charge is 2.54. The summed E-state index contributed by atoms with van der Waals surface area (Å²) in [5, 5.41) is 0. The van der Waals surface area contributed by atoms with Crippen LogP contribution in [-0.4, -0.2) is 80.3 Å². The van der Waals surface area contributed by atoms with Crippen LogP contribution in [0, 0.1) is 10.8 Å². The lowest BCUT2D eigenvalue weighted by molar-refractivity contribution is -0.209. The van der Waals surface area contributed by atoms with Gasteiger partial charge in [-0.1, -0.05) is 27.7 Å². The fourth-order valence-corrected chi connectivity index (χ4v) is 4.38. The molecule has 0 aromatic heterocycles. The van der Waals surface area contributed by atoms with Gasteiger partial charge < -0.3 is 28.4 Å². The van der Waals surface area contributed by atoms with Crippen LogP contribution in [0.15, 0.2) is 0 Å². The van der Waals surface area contributed by atoms with Crippen LogP contribution >= 0.6 is 0 Å². The molecule has 0 aliphatic carbocycles. The molecule has 158 valence electrons. The van der Waals surface area contributed by atoms with Gasteiger partial charge in [0.15, 0.2) is 0 Å². The minimum atomic E-state index is -0.321. The summed E-state index contributed by atoms with van der Waals surface area (Å²) < 4.78 is 34.4. The Morgan fingerprint density at radius 2 is 1.19 bits per heavy atom. The molecule has 0 rings (SSSR count). The van der Waals surface area contributed by atoms with Crippen LogP contribution in [0.3, 0.4) is 0 Å². The molecule has 0 aromatic rings. The largest absolute Gasteiger partial charge is 0.382 e. The van der Waals surface area contributed by atoms with Gasteiger partial charge in [-0.05, 0) is 12.8 Å². The highest BCUT2D eigenvalue weighted by atomic mass is 16.6. The van der Waals surface area contributed by atoms with Crippen LogP contribution < -0.4 is 0 Å². The molecule has 0 amide bonds. The maximum atomic E-state index is 6.14. The molecule has 0 saturated carbocycles. The summed E-state index contributed by atoms with van der Waals surface area (Å²) in [6.07, 6.45) is 1.10. The second kappa shape index (κ2) is 12.3. The van der Waals surface area contributed by atoms with Gasteiger partial charge in [0.1, 0.15) is 6.10 Å². The molecule has 0 radical (unpaired) electrons. The first kappa shape index (κ1) is 25.8. The molecule has 6 heteroatoms. The van der Waals surface area contributed by atoms with Crippen molar-refractivity contribution in [3.05, 3.63) is 0 Å². The lowest BCUT2D eigenvalue weighted by Crippen LogP contribution is -2.60. The summed E-state index contributed by atoms with van der Waals surface area (Å²) in [7, 11) is 10.3. The molecule has 0 saturated heterocycles. The van der Waals surface area contributed by atoms with E-state index in [0.29, 0.717) is 13.2 Å². The Balaban J connectivity index is 6.12. The number of hydrogen-bond donors (Lipinski definition) is 0. The van der Waals surface area contributed by atoms with Crippen molar-refractivity contribution in [1.29, 1.82) is 0 Å². The summed E-state index contributed by atoms with van der Waals surface area (Å²) in [5.41, 5.74) is -0.593. The molecule has 6 nitrogen and oxygen atoms in total. The first-order chi connectivity index (χ1) is 12.3. The third-order valence-corrected chi connectivity index (χ3v) is 6.17. The van der Waals surface area contributed by atoms with Crippen molar-refractivity contribution in [2.45, 2.75) is 65.0 Å². The lowest BCUT2D eigenvalue weighted by Gasteiger charge is -2.52. The van der Waals surface area contributed by atoms with E-state index in [-0.39, 0.29) is 35.2 Å². The Morgan fingerprint density at radius 3 is 1.50 bits per heavy atom. The van der Waals surface area contributed by atoms with E-state index < -0.39 is 0 Å². The third kappa shape index (κ3) is 5.40. The maximum Gasteiger partial charge on any atom is 0.107 e. The number of rotatable bonds is 15.